The molecule has 3 rings (SSSR count). The lowest BCUT2D eigenvalue weighted by molar-refractivity contribution is 0.102. The van der Waals surface area contributed by atoms with Gasteiger partial charge in [-0.1, -0.05) is 47.7 Å². The lowest BCUT2D eigenvalue weighted by atomic mass is 10.0. The Bertz CT molecular complexity index is 773. The average molecular weight is 311 g/mol. The van der Waals surface area contributed by atoms with E-state index in [2.05, 4.69) is 15.5 Å². The highest BCUT2D eigenvalue weighted by Crippen LogP contribution is 2.22. The van der Waals surface area contributed by atoms with Crippen molar-refractivity contribution in [2.45, 2.75) is 6.42 Å². The fraction of sp³-hybridized carbons (Fsp3) is 0.0625. The predicted octanol–water partition coefficient (Wildman–Crippen LogP) is 3.09. The second kappa shape index (κ2) is 6.36. The first kappa shape index (κ1) is 14.2. The zero-order chi connectivity index (χ0) is 15.4. The van der Waals surface area contributed by atoms with E-state index in [0.717, 1.165) is 11.1 Å². The Morgan fingerprint density at radius 2 is 1.95 bits per heavy atom. The van der Waals surface area contributed by atoms with Gasteiger partial charge in [0.15, 0.2) is 0 Å². The molecule has 0 saturated carbocycles. The van der Waals surface area contributed by atoms with Crippen molar-refractivity contribution >= 4 is 22.4 Å². The van der Waals surface area contributed by atoms with Crippen LogP contribution in [0.4, 0.5) is 5.13 Å². The Morgan fingerprint density at radius 3 is 2.68 bits per heavy atom. The van der Waals surface area contributed by atoms with Gasteiger partial charge in [0.05, 0.1) is 5.56 Å². The number of aromatic nitrogens is 2. The van der Waals surface area contributed by atoms with Gasteiger partial charge in [-0.15, -0.1) is 10.2 Å². The molecule has 0 fully saturated rings. The van der Waals surface area contributed by atoms with E-state index >= 15 is 0 Å². The van der Waals surface area contributed by atoms with Crippen LogP contribution in [0.3, 0.4) is 0 Å². The number of hydrogen-bond donors (Lipinski definition) is 2. The third-order valence-electron chi connectivity index (χ3n) is 3.14. The third-order valence-corrected chi connectivity index (χ3v) is 3.74. The summed E-state index contributed by atoms with van der Waals surface area (Å²) in [7, 11) is 0. The minimum atomic E-state index is -0.399. The molecule has 1 amide bonds. The van der Waals surface area contributed by atoms with E-state index in [1.165, 1.54) is 22.9 Å². The number of aromatic hydroxyl groups is 1. The van der Waals surface area contributed by atoms with Crippen LogP contribution < -0.4 is 5.32 Å². The van der Waals surface area contributed by atoms with Gasteiger partial charge >= 0.3 is 0 Å². The summed E-state index contributed by atoms with van der Waals surface area (Å²) in [5.41, 5.74) is 3.85. The number of rotatable bonds is 4. The van der Waals surface area contributed by atoms with E-state index in [1.54, 1.807) is 6.07 Å². The number of benzene rings is 2. The number of phenolic OH excluding ortho intramolecular Hbond substituents is 1. The number of nitrogens with one attached hydrogen (secondary N) is 1. The van der Waals surface area contributed by atoms with E-state index in [-0.39, 0.29) is 11.3 Å². The summed E-state index contributed by atoms with van der Waals surface area (Å²) in [5, 5.41) is 20.3. The van der Waals surface area contributed by atoms with E-state index in [4.69, 9.17) is 0 Å². The van der Waals surface area contributed by atoms with Crippen LogP contribution in [0.2, 0.25) is 0 Å². The van der Waals surface area contributed by atoms with Crippen molar-refractivity contribution in [1.82, 2.24) is 10.2 Å². The average Bonchev–Trinajstić information content (AvgIpc) is 3.03. The second-order valence-corrected chi connectivity index (χ2v) is 5.55. The van der Waals surface area contributed by atoms with Crippen molar-refractivity contribution in [3.63, 3.8) is 0 Å². The Labute approximate surface area is 131 Å². The summed E-state index contributed by atoms with van der Waals surface area (Å²) >= 11 is 1.22. The molecule has 110 valence electrons. The first-order valence-corrected chi connectivity index (χ1v) is 7.53. The molecule has 1 heterocycles. The van der Waals surface area contributed by atoms with E-state index in [9.17, 15) is 9.90 Å². The summed E-state index contributed by atoms with van der Waals surface area (Å²) in [6, 6.07) is 15.0. The van der Waals surface area contributed by atoms with Crippen molar-refractivity contribution in [3.05, 3.63) is 70.7 Å². The zero-order valence-electron chi connectivity index (χ0n) is 11.6. The molecule has 0 bridgehead atoms. The number of hydrogen-bond acceptors (Lipinski definition) is 5. The smallest absolute Gasteiger partial charge is 0.261 e. The molecule has 0 radical (unpaired) electrons. The minimum absolute atomic E-state index is 0.0566. The summed E-state index contributed by atoms with van der Waals surface area (Å²) in [4.78, 5) is 12.2. The fourth-order valence-electron chi connectivity index (χ4n) is 2.10. The molecule has 0 saturated heterocycles. The maximum Gasteiger partial charge on any atom is 0.261 e. The van der Waals surface area contributed by atoms with Crippen LogP contribution in [0, 0.1) is 0 Å². The standard InChI is InChI=1S/C16H13N3O2S/c20-14-7-6-12(8-11-4-2-1-3-5-11)9-13(14)15(21)18-16-19-17-10-22-16/h1-7,9-10,20H,8H2,(H,18,19,21). The monoisotopic (exact) mass is 311 g/mol. The van der Waals surface area contributed by atoms with Crippen molar-refractivity contribution in [2.24, 2.45) is 0 Å². The molecular formula is C16H13N3O2S. The molecule has 5 nitrogen and oxygen atoms in total. The molecule has 0 aliphatic carbocycles. The second-order valence-electron chi connectivity index (χ2n) is 4.71. The molecule has 6 heteroatoms. The SMILES string of the molecule is O=C(Nc1nncs1)c1cc(Cc2ccccc2)ccc1O. The normalized spacial score (nSPS) is 10.4. The summed E-state index contributed by atoms with van der Waals surface area (Å²) in [5.74, 6) is -0.456. The Hall–Kier alpha value is -2.73. The maximum absolute atomic E-state index is 12.2. The summed E-state index contributed by atoms with van der Waals surface area (Å²) < 4.78 is 0. The molecule has 1 aromatic heterocycles. The third kappa shape index (κ3) is 3.29. The highest BCUT2D eigenvalue weighted by Gasteiger charge is 2.13. The Kier molecular flexibility index (Phi) is 4.11. The summed E-state index contributed by atoms with van der Waals surface area (Å²) in [6.07, 6.45) is 0.695. The van der Waals surface area contributed by atoms with Crippen LogP contribution in [0.15, 0.2) is 54.0 Å². The maximum atomic E-state index is 12.2. The van der Waals surface area contributed by atoms with Gasteiger partial charge in [0.25, 0.3) is 5.91 Å². The first-order chi connectivity index (χ1) is 10.7. The van der Waals surface area contributed by atoms with Gasteiger partial charge in [-0.3, -0.25) is 10.1 Å². The van der Waals surface area contributed by atoms with Crippen LogP contribution in [0.1, 0.15) is 21.5 Å². The molecule has 2 N–H and O–H groups in total. The predicted molar refractivity (Wildman–Crippen MR) is 85.2 cm³/mol. The van der Waals surface area contributed by atoms with Crippen LogP contribution in [0.25, 0.3) is 0 Å². The topological polar surface area (TPSA) is 75.1 Å². The van der Waals surface area contributed by atoms with Gasteiger partial charge in [-0.05, 0) is 29.7 Å². The molecule has 0 aliphatic rings. The van der Waals surface area contributed by atoms with Crippen LogP contribution in [-0.2, 0) is 6.42 Å². The van der Waals surface area contributed by atoms with E-state index < -0.39 is 5.91 Å². The first-order valence-electron chi connectivity index (χ1n) is 6.66. The van der Waals surface area contributed by atoms with E-state index in [1.807, 2.05) is 36.4 Å². The largest absolute Gasteiger partial charge is 0.507 e. The molecule has 2 aromatic carbocycles. The van der Waals surface area contributed by atoms with Gasteiger partial charge in [0, 0.05) is 0 Å². The lowest BCUT2D eigenvalue weighted by Crippen LogP contribution is -2.12. The lowest BCUT2D eigenvalue weighted by Gasteiger charge is -2.07. The van der Waals surface area contributed by atoms with Gasteiger partial charge in [0.1, 0.15) is 11.3 Å². The summed E-state index contributed by atoms with van der Waals surface area (Å²) in [6.45, 7) is 0. The molecular weight excluding hydrogens is 298 g/mol. The van der Waals surface area contributed by atoms with Gasteiger partial charge in [-0.2, -0.15) is 0 Å². The number of nitrogens with zero attached hydrogens (tertiary/aromatic N) is 2. The van der Waals surface area contributed by atoms with Crippen molar-refractivity contribution in [2.75, 3.05) is 5.32 Å². The molecule has 0 unspecified atom stereocenters. The zero-order valence-corrected chi connectivity index (χ0v) is 12.4. The fourth-order valence-corrected chi connectivity index (χ4v) is 2.54. The number of carbonyl (C=O) groups excluding carboxylic acids is 1. The van der Waals surface area contributed by atoms with Crippen LogP contribution in [-0.4, -0.2) is 21.2 Å². The highest BCUT2D eigenvalue weighted by atomic mass is 32.1. The van der Waals surface area contributed by atoms with Gasteiger partial charge in [0.2, 0.25) is 5.13 Å². The quantitative estimate of drug-likeness (QED) is 0.776. The highest BCUT2D eigenvalue weighted by molar-refractivity contribution is 7.13. The number of carbonyl (C=O) groups is 1. The molecule has 3 aromatic rings. The van der Waals surface area contributed by atoms with Crippen molar-refractivity contribution in [3.8, 4) is 5.75 Å². The van der Waals surface area contributed by atoms with E-state index in [0.29, 0.717) is 11.6 Å². The number of phenols is 1. The molecule has 0 atom stereocenters. The molecule has 0 spiro atoms. The molecule has 22 heavy (non-hydrogen) atoms. The Balaban J connectivity index is 1.82. The van der Waals surface area contributed by atoms with Crippen molar-refractivity contribution < 1.29 is 9.90 Å². The number of amides is 1. The Morgan fingerprint density at radius 1 is 1.14 bits per heavy atom. The van der Waals surface area contributed by atoms with Crippen LogP contribution in [0.5, 0.6) is 5.75 Å². The van der Waals surface area contributed by atoms with Gasteiger partial charge < -0.3 is 5.11 Å². The minimum Gasteiger partial charge on any atom is -0.507 e. The molecule has 0 aliphatic heterocycles. The van der Waals surface area contributed by atoms with Crippen LogP contribution >= 0.6 is 11.3 Å². The number of anilines is 1. The van der Waals surface area contributed by atoms with Crippen molar-refractivity contribution in [1.29, 1.82) is 0 Å². The van der Waals surface area contributed by atoms with Gasteiger partial charge in [-0.25, -0.2) is 0 Å².